The first-order valence-electron chi connectivity index (χ1n) is 9.88. The van der Waals surface area contributed by atoms with Gasteiger partial charge < -0.3 is 15.1 Å². The molecule has 146 valence electrons. The quantitative estimate of drug-likeness (QED) is 0.585. The van der Waals surface area contributed by atoms with Crippen LogP contribution < -0.4 is 10.2 Å². The van der Waals surface area contributed by atoms with Crippen molar-refractivity contribution in [2.45, 2.75) is 39.2 Å². The highest BCUT2D eigenvalue weighted by Gasteiger charge is 2.15. The molecule has 1 saturated heterocycles. The number of rotatable bonds is 7. The third-order valence-corrected chi connectivity index (χ3v) is 5.96. The van der Waals surface area contributed by atoms with Gasteiger partial charge in [-0.05, 0) is 30.4 Å². The molecule has 0 amide bonds. The van der Waals surface area contributed by atoms with Crippen molar-refractivity contribution in [3.8, 4) is 0 Å². The van der Waals surface area contributed by atoms with E-state index in [1.807, 2.05) is 7.05 Å². The average molecular weight is 386 g/mol. The Hall–Kier alpha value is -2.08. The maximum Gasteiger partial charge on any atom is 0.193 e. The molecular formula is C21H31N5S. The molecule has 3 rings (SSSR count). The summed E-state index contributed by atoms with van der Waals surface area (Å²) in [5.41, 5.74) is 3.84. The predicted molar refractivity (Wildman–Crippen MR) is 116 cm³/mol. The summed E-state index contributed by atoms with van der Waals surface area (Å²) in [4.78, 5) is 13.8. The minimum atomic E-state index is 0.842. The maximum atomic E-state index is 4.79. The van der Waals surface area contributed by atoms with Crippen LogP contribution in [0.25, 0.3) is 0 Å². The first-order valence-corrected chi connectivity index (χ1v) is 10.8. The van der Waals surface area contributed by atoms with Crippen LogP contribution in [0.3, 0.4) is 0 Å². The van der Waals surface area contributed by atoms with Crippen LogP contribution in [0.5, 0.6) is 0 Å². The van der Waals surface area contributed by atoms with Gasteiger partial charge in [0.15, 0.2) is 11.1 Å². The molecule has 0 aliphatic carbocycles. The van der Waals surface area contributed by atoms with E-state index >= 15 is 0 Å². The fourth-order valence-electron chi connectivity index (χ4n) is 3.38. The smallest absolute Gasteiger partial charge is 0.193 e. The average Bonchev–Trinajstić information content (AvgIpc) is 3.37. The summed E-state index contributed by atoms with van der Waals surface area (Å²) in [5.74, 6) is 0.921. The van der Waals surface area contributed by atoms with Crippen LogP contribution in [0, 0.1) is 0 Å². The molecule has 0 saturated carbocycles. The summed E-state index contributed by atoms with van der Waals surface area (Å²) in [6.45, 7) is 6.18. The van der Waals surface area contributed by atoms with Crippen LogP contribution in [0.4, 0.5) is 5.13 Å². The van der Waals surface area contributed by atoms with E-state index in [-0.39, 0.29) is 0 Å². The topological polar surface area (TPSA) is 43.8 Å². The second-order valence-electron chi connectivity index (χ2n) is 7.07. The second-order valence-corrected chi connectivity index (χ2v) is 7.90. The Morgan fingerprint density at radius 3 is 2.59 bits per heavy atom. The molecule has 0 bridgehead atoms. The van der Waals surface area contributed by atoms with Gasteiger partial charge in [0.25, 0.3) is 0 Å². The third kappa shape index (κ3) is 5.45. The van der Waals surface area contributed by atoms with Gasteiger partial charge in [0.05, 0.1) is 5.69 Å². The largest absolute Gasteiger partial charge is 0.356 e. The SMILES string of the molecule is CCc1ccc(CN(C)C(=NC)NCCc2csc(N3CCCC3)n2)cc1. The Bertz CT molecular complexity index is 731. The molecule has 0 spiro atoms. The number of benzene rings is 1. The van der Waals surface area contributed by atoms with Crippen molar-refractivity contribution in [1.82, 2.24) is 15.2 Å². The Kier molecular flexibility index (Phi) is 7.10. The van der Waals surface area contributed by atoms with Crippen LogP contribution in [0.2, 0.25) is 0 Å². The van der Waals surface area contributed by atoms with Crippen LogP contribution in [0.15, 0.2) is 34.6 Å². The van der Waals surface area contributed by atoms with E-state index in [4.69, 9.17) is 4.98 Å². The summed E-state index contributed by atoms with van der Waals surface area (Å²) in [7, 11) is 3.92. The van der Waals surface area contributed by atoms with Gasteiger partial charge in [-0.15, -0.1) is 11.3 Å². The van der Waals surface area contributed by atoms with Crippen LogP contribution >= 0.6 is 11.3 Å². The van der Waals surface area contributed by atoms with Crippen molar-refractivity contribution < 1.29 is 0 Å². The van der Waals surface area contributed by atoms with E-state index in [1.54, 1.807) is 11.3 Å². The number of guanidine groups is 1. The van der Waals surface area contributed by atoms with Gasteiger partial charge in [0.2, 0.25) is 0 Å². The van der Waals surface area contributed by atoms with Gasteiger partial charge in [0.1, 0.15) is 0 Å². The molecule has 1 aromatic heterocycles. The summed E-state index contributed by atoms with van der Waals surface area (Å²) in [6.07, 6.45) is 4.58. The lowest BCUT2D eigenvalue weighted by molar-refractivity contribution is 0.477. The maximum absolute atomic E-state index is 4.79. The van der Waals surface area contributed by atoms with Crippen molar-refractivity contribution >= 4 is 22.4 Å². The monoisotopic (exact) mass is 385 g/mol. The Morgan fingerprint density at radius 1 is 1.22 bits per heavy atom. The molecule has 1 fully saturated rings. The lowest BCUT2D eigenvalue weighted by atomic mass is 10.1. The van der Waals surface area contributed by atoms with Gasteiger partial charge in [-0.2, -0.15) is 0 Å². The molecule has 1 N–H and O–H groups in total. The fourth-order valence-corrected chi connectivity index (χ4v) is 4.29. The lowest BCUT2D eigenvalue weighted by Crippen LogP contribution is -2.39. The normalized spacial score (nSPS) is 14.6. The number of nitrogens with one attached hydrogen (secondary N) is 1. The van der Waals surface area contributed by atoms with Crippen molar-refractivity contribution in [2.75, 3.05) is 38.6 Å². The number of aliphatic imine (C=N–C) groups is 1. The molecule has 0 radical (unpaired) electrons. The van der Waals surface area contributed by atoms with Gasteiger partial charge in [-0.1, -0.05) is 31.2 Å². The minimum Gasteiger partial charge on any atom is -0.356 e. The van der Waals surface area contributed by atoms with E-state index in [2.05, 4.69) is 63.7 Å². The zero-order chi connectivity index (χ0) is 19.1. The number of anilines is 1. The molecule has 0 unspecified atom stereocenters. The van der Waals surface area contributed by atoms with E-state index in [9.17, 15) is 0 Å². The number of thiazole rings is 1. The van der Waals surface area contributed by atoms with Crippen LogP contribution in [-0.4, -0.2) is 49.6 Å². The van der Waals surface area contributed by atoms with Gasteiger partial charge in [0, 0.05) is 52.1 Å². The van der Waals surface area contributed by atoms with E-state index in [1.165, 1.54) is 34.8 Å². The molecule has 6 heteroatoms. The number of aromatic nitrogens is 1. The van der Waals surface area contributed by atoms with Crippen molar-refractivity contribution in [3.63, 3.8) is 0 Å². The van der Waals surface area contributed by atoms with Gasteiger partial charge in [-0.3, -0.25) is 4.99 Å². The first kappa shape index (κ1) is 19.7. The standard InChI is InChI=1S/C21H31N5S/c1-4-17-7-9-18(10-8-17)15-25(3)20(22-2)23-12-11-19-16-27-21(24-19)26-13-5-6-14-26/h7-10,16H,4-6,11-15H2,1-3H3,(H,22,23). The molecule has 2 aromatic rings. The van der Waals surface area contributed by atoms with E-state index < -0.39 is 0 Å². The highest BCUT2D eigenvalue weighted by Crippen LogP contribution is 2.24. The summed E-state index contributed by atoms with van der Waals surface area (Å²) in [6, 6.07) is 8.83. The fraction of sp³-hybridized carbons (Fsp3) is 0.524. The molecule has 1 aliphatic heterocycles. The summed E-state index contributed by atoms with van der Waals surface area (Å²) in [5, 5.41) is 6.84. The van der Waals surface area contributed by atoms with Crippen LogP contribution in [0.1, 0.15) is 36.6 Å². The van der Waals surface area contributed by atoms with Crippen molar-refractivity contribution in [2.24, 2.45) is 4.99 Å². The van der Waals surface area contributed by atoms with E-state index in [0.717, 1.165) is 45.0 Å². The van der Waals surface area contributed by atoms with Crippen LogP contribution in [-0.2, 0) is 19.4 Å². The number of nitrogens with zero attached hydrogens (tertiary/aromatic N) is 4. The number of aryl methyl sites for hydroxylation is 1. The Morgan fingerprint density at radius 2 is 1.93 bits per heavy atom. The molecule has 0 atom stereocenters. The molecule has 1 aliphatic rings. The van der Waals surface area contributed by atoms with Crippen molar-refractivity contribution in [1.29, 1.82) is 0 Å². The second kappa shape index (κ2) is 9.74. The van der Waals surface area contributed by atoms with Gasteiger partial charge in [-0.25, -0.2) is 4.98 Å². The Balaban J connectivity index is 1.46. The molecule has 27 heavy (non-hydrogen) atoms. The third-order valence-electron chi connectivity index (χ3n) is 5.00. The number of hydrogen-bond acceptors (Lipinski definition) is 4. The summed E-state index contributed by atoms with van der Waals surface area (Å²) >= 11 is 1.77. The molecule has 1 aromatic carbocycles. The molecule has 2 heterocycles. The zero-order valence-corrected chi connectivity index (χ0v) is 17.6. The zero-order valence-electron chi connectivity index (χ0n) is 16.7. The lowest BCUT2D eigenvalue weighted by Gasteiger charge is -2.22. The highest BCUT2D eigenvalue weighted by atomic mass is 32.1. The van der Waals surface area contributed by atoms with Crippen molar-refractivity contribution in [3.05, 3.63) is 46.5 Å². The first-order chi connectivity index (χ1) is 13.2. The predicted octanol–water partition coefficient (Wildman–Crippen LogP) is 3.56. The summed E-state index contributed by atoms with van der Waals surface area (Å²) < 4.78 is 0. The number of hydrogen-bond donors (Lipinski definition) is 1. The van der Waals surface area contributed by atoms with E-state index in [0.29, 0.717) is 0 Å². The Labute approximate surface area is 167 Å². The molecular weight excluding hydrogens is 354 g/mol. The highest BCUT2D eigenvalue weighted by molar-refractivity contribution is 7.13. The molecule has 5 nitrogen and oxygen atoms in total. The van der Waals surface area contributed by atoms with Gasteiger partial charge >= 0.3 is 0 Å². The minimum absolute atomic E-state index is 0.842.